The van der Waals surface area contributed by atoms with E-state index in [1.54, 1.807) is 6.08 Å². The third-order valence-corrected chi connectivity index (χ3v) is 9.74. The molecule has 0 aromatic heterocycles. The van der Waals surface area contributed by atoms with Gasteiger partial charge in [-0.3, -0.25) is 0 Å². The van der Waals surface area contributed by atoms with E-state index in [1.807, 2.05) is 0 Å². The molecule has 0 spiro atoms. The van der Waals surface area contributed by atoms with Crippen LogP contribution in [0.15, 0.2) is 11.6 Å². The van der Waals surface area contributed by atoms with E-state index in [1.165, 1.54) is 6.29 Å². The number of rotatable bonds is 2. The largest absolute Gasteiger partial charge is 0.458 e. The molecule has 0 saturated heterocycles. The first-order valence-corrected chi connectivity index (χ1v) is 11.1. The normalized spacial score (nSPS) is 52.9. The van der Waals surface area contributed by atoms with Crippen molar-refractivity contribution in [3.63, 3.8) is 0 Å². The van der Waals surface area contributed by atoms with E-state index in [9.17, 15) is 19.8 Å². The van der Waals surface area contributed by atoms with Crippen LogP contribution in [-0.4, -0.2) is 40.8 Å². The third kappa shape index (κ3) is 2.26. The molecule has 5 nitrogen and oxygen atoms in total. The summed E-state index contributed by atoms with van der Waals surface area (Å²) in [7, 11) is 0. The van der Waals surface area contributed by atoms with Crippen molar-refractivity contribution in [1.82, 2.24) is 0 Å². The number of esters is 1. The highest BCUT2D eigenvalue weighted by Crippen LogP contribution is 2.69. The van der Waals surface area contributed by atoms with Gasteiger partial charge in [0.05, 0.1) is 11.7 Å². The predicted octanol–water partition coefficient (Wildman–Crippen LogP) is 2.78. The predicted molar refractivity (Wildman–Crippen MR) is 102 cm³/mol. The smallest absolute Gasteiger partial charge is 0.331 e. The molecule has 5 aliphatic rings. The van der Waals surface area contributed by atoms with E-state index in [4.69, 9.17) is 4.74 Å². The van der Waals surface area contributed by atoms with Gasteiger partial charge in [0, 0.05) is 16.9 Å². The fourth-order valence-corrected chi connectivity index (χ4v) is 8.31. The summed E-state index contributed by atoms with van der Waals surface area (Å²) in [6.45, 7) is 2.57. The molecule has 0 amide bonds. The van der Waals surface area contributed by atoms with Crippen molar-refractivity contribution < 1.29 is 24.5 Å². The van der Waals surface area contributed by atoms with Crippen molar-refractivity contribution in [2.75, 3.05) is 6.61 Å². The summed E-state index contributed by atoms with van der Waals surface area (Å²) < 4.78 is 5.17. The van der Waals surface area contributed by atoms with E-state index in [-0.39, 0.29) is 46.6 Å². The first-order valence-electron chi connectivity index (χ1n) is 11.1. The minimum absolute atomic E-state index is 0.131. The average Bonchev–Trinajstić information content (AvgIpc) is 3.22. The minimum Gasteiger partial charge on any atom is -0.458 e. The molecular formula is C23H32O5. The molecule has 0 bridgehead atoms. The Hall–Kier alpha value is -1.20. The van der Waals surface area contributed by atoms with Gasteiger partial charge in [0.2, 0.25) is 0 Å². The van der Waals surface area contributed by atoms with Crippen LogP contribution in [0.2, 0.25) is 0 Å². The molecule has 1 heterocycles. The first kappa shape index (κ1) is 18.8. The Morgan fingerprint density at radius 1 is 1.11 bits per heavy atom. The average molecular weight is 389 g/mol. The van der Waals surface area contributed by atoms with Crippen LogP contribution in [0.1, 0.15) is 64.7 Å². The maximum atomic E-state index is 12.4. The molecule has 1 aliphatic heterocycles. The summed E-state index contributed by atoms with van der Waals surface area (Å²) in [6.07, 6.45) is 10.1. The lowest BCUT2D eigenvalue weighted by molar-refractivity contribution is -0.207. The standard InChI is InChI=1S/C23H32O5/c1-21-7-5-18-19(3-2-15-11-16(25)4-8-22(15,18)13-24)23(21,27)9-6-17(21)14-10-20(26)28-12-14/h10,13,15-19,25,27H,2-9,11-12H2,1H3. The van der Waals surface area contributed by atoms with E-state index in [2.05, 4.69) is 6.92 Å². The highest BCUT2D eigenvalue weighted by molar-refractivity contribution is 5.85. The number of aldehydes is 1. The van der Waals surface area contributed by atoms with Gasteiger partial charge in [0.15, 0.2) is 0 Å². The molecule has 2 N–H and O–H groups in total. The molecule has 5 rings (SSSR count). The number of hydrogen-bond acceptors (Lipinski definition) is 5. The van der Waals surface area contributed by atoms with Crippen molar-refractivity contribution >= 4 is 12.3 Å². The number of carbonyl (C=O) groups is 2. The van der Waals surface area contributed by atoms with E-state index < -0.39 is 5.60 Å². The van der Waals surface area contributed by atoms with Crippen LogP contribution in [0, 0.1) is 34.5 Å². The van der Waals surface area contributed by atoms with Gasteiger partial charge in [0.1, 0.15) is 12.9 Å². The number of carbonyl (C=O) groups excluding carboxylic acids is 2. The second-order valence-electron chi connectivity index (χ2n) is 10.4. The molecular weight excluding hydrogens is 356 g/mol. The summed E-state index contributed by atoms with van der Waals surface area (Å²) in [6, 6.07) is 0. The molecule has 4 saturated carbocycles. The van der Waals surface area contributed by atoms with Crippen molar-refractivity contribution in [2.45, 2.75) is 76.4 Å². The van der Waals surface area contributed by atoms with Crippen LogP contribution in [-0.2, 0) is 14.3 Å². The summed E-state index contributed by atoms with van der Waals surface area (Å²) in [5.41, 5.74) is -0.381. The van der Waals surface area contributed by atoms with Gasteiger partial charge < -0.3 is 19.7 Å². The van der Waals surface area contributed by atoms with E-state index >= 15 is 0 Å². The van der Waals surface area contributed by atoms with Crippen molar-refractivity contribution in [3.05, 3.63) is 11.6 Å². The molecule has 8 atom stereocenters. The van der Waals surface area contributed by atoms with Gasteiger partial charge in [-0.25, -0.2) is 4.79 Å². The van der Waals surface area contributed by atoms with Crippen LogP contribution >= 0.6 is 0 Å². The number of aliphatic hydroxyl groups is 2. The number of cyclic esters (lactones) is 1. The Balaban J connectivity index is 1.49. The van der Waals surface area contributed by atoms with Gasteiger partial charge in [-0.15, -0.1) is 0 Å². The Morgan fingerprint density at radius 3 is 2.64 bits per heavy atom. The molecule has 4 aliphatic carbocycles. The topological polar surface area (TPSA) is 83.8 Å². The van der Waals surface area contributed by atoms with Crippen LogP contribution in [0.3, 0.4) is 0 Å². The van der Waals surface area contributed by atoms with Gasteiger partial charge in [-0.1, -0.05) is 6.92 Å². The molecule has 0 aromatic carbocycles. The summed E-state index contributed by atoms with van der Waals surface area (Å²) in [4.78, 5) is 24.1. The number of ether oxygens (including phenoxy) is 1. The van der Waals surface area contributed by atoms with Crippen molar-refractivity contribution in [1.29, 1.82) is 0 Å². The lowest BCUT2D eigenvalue weighted by Crippen LogP contribution is -2.63. The van der Waals surface area contributed by atoms with Crippen molar-refractivity contribution in [2.24, 2.45) is 34.5 Å². The minimum atomic E-state index is -0.788. The maximum absolute atomic E-state index is 12.4. The van der Waals surface area contributed by atoms with Gasteiger partial charge in [-0.2, -0.15) is 0 Å². The maximum Gasteiger partial charge on any atom is 0.331 e. The first-order chi connectivity index (χ1) is 13.3. The SMILES string of the molecule is CC12CCC3C(CCC4CC(O)CCC43C=O)C1(O)CCC2C1=CC(=O)OC1. The second kappa shape index (κ2) is 6.15. The Morgan fingerprint density at radius 2 is 1.93 bits per heavy atom. The molecule has 8 unspecified atom stereocenters. The molecule has 4 fully saturated rings. The lowest BCUT2D eigenvalue weighted by atomic mass is 9.43. The Bertz CT molecular complexity index is 731. The summed E-state index contributed by atoms with van der Waals surface area (Å²) >= 11 is 0. The monoisotopic (exact) mass is 388 g/mol. The highest BCUT2D eigenvalue weighted by atomic mass is 16.5. The number of aliphatic hydroxyl groups excluding tert-OH is 1. The molecule has 28 heavy (non-hydrogen) atoms. The summed E-state index contributed by atoms with van der Waals surface area (Å²) in [5.74, 6) is 0.519. The van der Waals surface area contributed by atoms with Crippen LogP contribution in [0.4, 0.5) is 0 Å². The second-order valence-corrected chi connectivity index (χ2v) is 10.4. The molecule has 0 radical (unpaired) electrons. The molecule has 5 heteroatoms. The molecule has 154 valence electrons. The van der Waals surface area contributed by atoms with Crippen LogP contribution in [0.25, 0.3) is 0 Å². The lowest BCUT2D eigenvalue weighted by Gasteiger charge is -2.62. The fourth-order valence-electron chi connectivity index (χ4n) is 8.31. The van der Waals surface area contributed by atoms with Gasteiger partial charge in [-0.05, 0) is 87.0 Å². The fraction of sp³-hybridized carbons (Fsp3) is 0.826. The quantitative estimate of drug-likeness (QED) is 0.561. The zero-order valence-electron chi connectivity index (χ0n) is 16.7. The highest BCUT2D eigenvalue weighted by Gasteiger charge is 2.68. The van der Waals surface area contributed by atoms with E-state index in [0.29, 0.717) is 13.0 Å². The number of fused-ring (bicyclic) bond motifs is 5. The number of hydrogen-bond donors (Lipinski definition) is 2. The van der Waals surface area contributed by atoms with Crippen molar-refractivity contribution in [3.8, 4) is 0 Å². The van der Waals surface area contributed by atoms with Gasteiger partial charge in [0.25, 0.3) is 0 Å². The Kier molecular flexibility index (Phi) is 4.13. The van der Waals surface area contributed by atoms with E-state index in [0.717, 1.165) is 56.9 Å². The zero-order valence-corrected chi connectivity index (χ0v) is 16.7. The van der Waals surface area contributed by atoms with Crippen LogP contribution in [0.5, 0.6) is 0 Å². The van der Waals surface area contributed by atoms with Gasteiger partial charge >= 0.3 is 5.97 Å². The zero-order chi connectivity index (χ0) is 19.7. The Labute approximate surface area is 166 Å². The van der Waals surface area contributed by atoms with Crippen LogP contribution < -0.4 is 0 Å². The summed E-state index contributed by atoms with van der Waals surface area (Å²) in [5, 5.41) is 22.3. The third-order valence-electron chi connectivity index (χ3n) is 9.74. The molecule has 0 aromatic rings.